The molecule has 31 heavy (non-hydrogen) atoms. The van der Waals surface area contributed by atoms with E-state index in [0.29, 0.717) is 11.3 Å². The first-order valence-corrected chi connectivity index (χ1v) is 10.1. The highest BCUT2D eigenvalue weighted by molar-refractivity contribution is 5.98. The summed E-state index contributed by atoms with van der Waals surface area (Å²) in [7, 11) is 0. The number of carbonyl (C=O) groups excluding carboxylic acids is 1. The van der Waals surface area contributed by atoms with Gasteiger partial charge in [-0.05, 0) is 64.1 Å². The fourth-order valence-corrected chi connectivity index (χ4v) is 3.94. The van der Waals surface area contributed by atoms with E-state index in [1.54, 1.807) is 36.5 Å². The number of aromatic nitrogens is 3. The van der Waals surface area contributed by atoms with E-state index in [-0.39, 0.29) is 11.7 Å². The number of amides is 1. The molecule has 1 amide bonds. The van der Waals surface area contributed by atoms with E-state index in [1.165, 1.54) is 6.07 Å². The minimum absolute atomic E-state index is 0.294. The highest BCUT2D eigenvalue weighted by atomic mass is 19.1. The molecule has 0 aliphatic heterocycles. The Balaban J connectivity index is 1.54. The Morgan fingerprint density at radius 2 is 1.94 bits per heavy atom. The van der Waals surface area contributed by atoms with Crippen LogP contribution in [0.5, 0.6) is 0 Å². The van der Waals surface area contributed by atoms with Crippen LogP contribution in [0.2, 0.25) is 0 Å². The van der Waals surface area contributed by atoms with Crippen LogP contribution in [0.15, 0.2) is 53.6 Å². The number of nitrogens with zero attached hydrogens (tertiary/aromatic N) is 4. The van der Waals surface area contributed by atoms with Gasteiger partial charge in [-0.3, -0.25) is 4.79 Å². The van der Waals surface area contributed by atoms with E-state index in [0.717, 1.165) is 40.4 Å². The predicted octanol–water partition coefficient (Wildman–Crippen LogP) is 4.68. The number of hydrogen-bond acceptors (Lipinski definition) is 3. The van der Waals surface area contributed by atoms with Crippen LogP contribution in [-0.4, -0.2) is 26.2 Å². The molecule has 0 aliphatic rings. The third-order valence-corrected chi connectivity index (χ3v) is 5.45. The number of rotatable bonds is 5. The molecule has 0 saturated heterocycles. The van der Waals surface area contributed by atoms with E-state index in [9.17, 15) is 9.18 Å². The molecular formula is C24H24FN5O. The molecule has 4 aromatic rings. The number of hydrazone groups is 1. The largest absolute Gasteiger partial charge is 0.329 e. The number of nitrogens with one attached hydrogen (secondary N) is 1. The predicted molar refractivity (Wildman–Crippen MR) is 120 cm³/mol. The first-order valence-electron chi connectivity index (χ1n) is 10.1. The van der Waals surface area contributed by atoms with Crippen molar-refractivity contribution in [3.05, 3.63) is 82.7 Å². The van der Waals surface area contributed by atoms with Crippen LogP contribution < -0.4 is 5.43 Å². The molecule has 1 N–H and O–H groups in total. The number of fused-ring (bicyclic) bond motifs is 1. The van der Waals surface area contributed by atoms with E-state index >= 15 is 0 Å². The molecule has 6 nitrogen and oxygen atoms in total. The van der Waals surface area contributed by atoms with Gasteiger partial charge in [-0.25, -0.2) is 14.8 Å². The van der Waals surface area contributed by atoms with Crippen molar-refractivity contribution in [1.29, 1.82) is 0 Å². The van der Waals surface area contributed by atoms with Gasteiger partial charge in [-0.2, -0.15) is 5.10 Å². The Hall–Kier alpha value is -3.74. The highest BCUT2D eigenvalue weighted by Gasteiger charge is 2.13. The summed E-state index contributed by atoms with van der Waals surface area (Å²) in [4.78, 5) is 17.1. The number of benzene rings is 2. The Labute approximate surface area is 180 Å². The Kier molecular flexibility index (Phi) is 5.42. The number of hydrogen-bond donors (Lipinski definition) is 1. The zero-order valence-electron chi connectivity index (χ0n) is 18.0. The van der Waals surface area contributed by atoms with Gasteiger partial charge in [0, 0.05) is 29.1 Å². The van der Waals surface area contributed by atoms with Crippen molar-refractivity contribution < 1.29 is 9.18 Å². The normalized spacial score (nSPS) is 11.5. The molecule has 158 valence electrons. The Morgan fingerprint density at radius 3 is 2.68 bits per heavy atom. The molecule has 0 saturated carbocycles. The van der Waals surface area contributed by atoms with Crippen LogP contribution in [0.4, 0.5) is 4.39 Å². The summed E-state index contributed by atoms with van der Waals surface area (Å²) in [5.74, 6) is 0.306. The maximum Gasteiger partial charge on any atom is 0.271 e. The fourth-order valence-electron chi connectivity index (χ4n) is 3.94. The lowest BCUT2D eigenvalue weighted by molar-refractivity contribution is 0.0955. The van der Waals surface area contributed by atoms with Crippen LogP contribution in [0.3, 0.4) is 0 Å². The molecule has 0 unspecified atom stereocenters. The van der Waals surface area contributed by atoms with Gasteiger partial charge in [0.1, 0.15) is 11.6 Å². The van der Waals surface area contributed by atoms with E-state index in [2.05, 4.69) is 27.0 Å². The highest BCUT2D eigenvalue weighted by Crippen LogP contribution is 2.22. The van der Waals surface area contributed by atoms with Crippen molar-refractivity contribution in [3.63, 3.8) is 0 Å². The SMILES string of the molecule is CCn1c(C)nc2cc(C(=O)N/N=C\c3cc(C)n(-c4ccccc4F)c3C)ccc21. The summed E-state index contributed by atoms with van der Waals surface area (Å²) >= 11 is 0. The zero-order valence-corrected chi connectivity index (χ0v) is 18.0. The molecule has 7 heteroatoms. The third kappa shape index (κ3) is 3.74. The maximum atomic E-state index is 14.2. The minimum atomic E-state index is -0.315. The summed E-state index contributed by atoms with van der Waals surface area (Å²) in [6, 6.07) is 14.0. The number of para-hydroxylation sites is 1. The number of imidazole rings is 1. The number of halogens is 1. The van der Waals surface area contributed by atoms with Gasteiger partial charge >= 0.3 is 0 Å². The number of carbonyl (C=O) groups is 1. The van der Waals surface area contributed by atoms with Gasteiger partial charge in [-0.1, -0.05) is 12.1 Å². The van der Waals surface area contributed by atoms with Crippen LogP contribution in [0.25, 0.3) is 16.7 Å². The standard InChI is InChI=1S/C24H24FN5O/c1-5-29-17(4)27-21-13-18(10-11-23(21)29)24(31)28-26-14-19-12-15(2)30(16(19)3)22-9-7-6-8-20(22)25/h6-14H,5H2,1-4H3,(H,28,31)/b26-14-. The van der Waals surface area contributed by atoms with Gasteiger partial charge in [0.15, 0.2) is 0 Å². The van der Waals surface area contributed by atoms with Gasteiger partial charge in [-0.15, -0.1) is 0 Å². The molecule has 2 aromatic carbocycles. The summed E-state index contributed by atoms with van der Waals surface area (Å²) in [6.45, 7) is 8.63. The molecular weight excluding hydrogens is 393 g/mol. The first kappa shape index (κ1) is 20.5. The van der Waals surface area contributed by atoms with Crippen molar-refractivity contribution in [2.24, 2.45) is 5.10 Å². The quantitative estimate of drug-likeness (QED) is 0.379. The molecule has 0 atom stereocenters. The Morgan fingerprint density at radius 1 is 1.16 bits per heavy atom. The van der Waals surface area contributed by atoms with Crippen molar-refractivity contribution >= 4 is 23.2 Å². The van der Waals surface area contributed by atoms with Gasteiger partial charge in [0.25, 0.3) is 5.91 Å². The molecule has 0 aliphatic carbocycles. The third-order valence-electron chi connectivity index (χ3n) is 5.45. The van der Waals surface area contributed by atoms with Crippen molar-refractivity contribution in [1.82, 2.24) is 19.5 Å². The molecule has 0 bridgehead atoms. The topological polar surface area (TPSA) is 64.2 Å². The second kappa shape index (κ2) is 8.18. The molecule has 0 fully saturated rings. The lowest BCUT2D eigenvalue weighted by Crippen LogP contribution is -2.17. The van der Waals surface area contributed by atoms with Crippen LogP contribution in [-0.2, 0) is 6.54 Å². The second-order valence-electron chi connectivity index (χ2n) is 7.42. The summed E-state index contributed by atoms with van der Waals surface area (Å²) in [6.07, 6.45) is 1.58. The monoisotopic (exact) mass is 417 g/mol. The Bertz CT molecular complexity index is 1320. The smallest absolute Gasteiger partial charge is 0.271 e. The lowest BCUT2D eigenvalue weighted by atomic mass is 10.2. The molecule has 0 spiro atoms. The average Bonchev–Trinajstić information content (AvgIpc) is 3.22. The first-order chi connectivity index (χ1) is 14.9. The molecule has 2 heterocycles. The van der Waals surface area contributed by atoms with Gasteiger partial charge in [0.2, 0.25) is 0 Å². The van der Waals surface area contributed by atoms with Crippen molar-refractivity contribution in [2.45, 2.75) is 34.2 Å². The fraction of sp³-hybridized carbons (Fsp3) is 0.208. The van der Waals surface area contributed by atoms with Crippen LogP contribution in [0.1, 0.15) is 40.1 Å². The second-order valence-corrected chi connectivity index (χ2v) is 7.42. The van der Waals surface area contributed by atoms with Crippen LogP contribution >= 0.6 is 0 Å². The average molecular weight is 417 g/mol. The van der Waals surface area contributed by atoms with E-state index in [1.807, 2.05) is 37.5 Å². The van der Waals surface area contributed by atoms with Crippen molar-refractivity contribution in [3.8, 4) is 5.69 Å². The lowest BCUT2D eigenvalue weighted by Gasteiger charge is -2.10. The van der Waals surface area contributed by atoms with Gasteiger partial charge in [0.05, 0.1) is 22.9 Å². The van der Waals surface area contributed by atoms with Crippen molar-refractivity contribution in [2.75, 3.05) is 0 Å². The number of aryl methyl sites for hydroxylation is 3. The molecule has 0 radical (unpaired) electrons. The van der Waals surface area contributed by atoms with E-state index in [4.69, 9.17) is 0 Å². The minimum Gasteiger partial charge on any atom is -0.329 e. The van der Waals surface area contributed by atoms with E-state index < -0.39 is 0 Å². The summed E-state index contributed by atoms with van der Waals surface area (Å²) < 4.78 is 18.2. The molecule has 4 rings (SSSR count). The zero-order chi connectivity index (χ0) is 22.1. The summed E-state index contributed by atoms with van der Waals surface area (Å²) in [5.41, 5.74) is 7.83. The summed E-state index contributed by atoms with van der Waals surface area (Å²) in [5, 5.41) is 4.11. The van der Waals surface area contributed by atoms with Gasteiger partial charge < -0.3 is 9.13 Å². The maximum absolute atomic E-state index is 14.2. The molecule has 2 aromatic heterocycles. The van der Waals surface area contributed by atoms with Crippen LogP contribution in [0, 0.1) is 26.6 Å².